The number of carbonyl (C=O) groups is 2. The van der Waals surface area contributed by atoms with Crippen molar-refractivity contribution in [1.82, 2.24) is 15.2 Å². The molecule has 1 fully saturated rings. The molecule has 2 amide bonds. The van der Waals surface area contributed by atoms with Crippen molar-refractivity contribution >= 4 is 23.8 Å². The summed E-state index contributed by atoms with van der Waals surface area (Å²) in [5, 5.41) is 11.8. The minimum atomic E-state index is -0.977. The van der Waals surface area contributed by atoms with E-state index in [1.165, 1.54) is 16.7 Å². The van der Waals surface area contributed by atoms with Gasteiger partial charge in [-0.15, -0.1) is 0 Å². The molecule has 0 aromatic carbocycles. The first kappa shape index (κ1) is 14.7. The Bertz CT molecular complexity index is 497. The lowest BCUT2D eigenvalue weighted by atomic mass is 10.3. The first-order valence-corrected chi connectivity index (χ1v) is 7.42. The molecule has 1 unspecified atom stereocenters. The number of carboxylic acids is 1. The Morgan fingerprint density at radius 1 is 1.55 bits per heavy atom. The van der Waals surface area contributed by atoms with Gasteiger partial charge in [-0.25, -0.2) is 14.6 Å². The maximum Gasteiger partial charge on any atom is 0.327 e. The molecule has 1 saturated heterocycles. The van der Waals surface area contributed by atoms with Crippen molar-refractivity contribution in [3.05, 3.63) is 17.3 Å². The number of urea groups is 1. The molecule has 0 spiro atoms. The highest BCUT2D eigenvalue weighted by molar-refractivity contribution is 7.99. The third-order valence-electron chi connectivity index (χ3n) is 3.14. The topological polar surface area (TPSA) is 95.7 Å². The van der Waals surface area contributed by atoms with Gasteiger partial charge < -0.3 is 19.7 Å². The lowest BCUT2D eigenvalue weighted by molar-refractivity contribution is -0.141. The maximum absolute atomic E-state index is 12.1. The summed E-state index contributed by atoms with van der Waals surface area (Å²) in [6.45, 7) is 4.21. The van der Waals surface area contributed by atoms with Crippen molar-refractivity contribution in [1.29, 1.82) is 0 Å². The van der Waals surface area contributed by atoms with E-state index in [4.69, 9.17) is 9.52 Å². The van der Waals surface area contributed by atoms with Crippen molar-refractivity contribution in [2.24, 2.45) is 0 Å². The molecule has 20 heavy (non-hydrogen) atoms. The fraction of sp³-hybridized carbons (Fsp3) is 0.583. The highest BCUT2D eigenvalue weighted by atomic mass is 32.2. The lowest BCUT2D eigenvalue weighted by Gasteiger charge is -2.32. The van der Waals surface area contributed by atoms with Crippen LogP contribution in [0.2, 0.25) is 0 Å². The molecule has 0 bridgehead atoms. The molecule has 1 aliphatic rings. The summed E-state index contributed by atoms with van der Waals surface area (Å²) in [5.74, 6) is 1.32. The average molecular weight is 299 g/mol. The molecule has 1 aromatic rings. The van der Waals surface area contributed by atoms with Crippen LogP contribution in [0.3, 0.4) is 0 Å². The predicted molar refractivity (Wildman–Crippen MR) is 73.7 cm³/mol. The number of amides is 2. The summed E-state index contributed by atoms with van der Waals surface area (Å²) in [5.41, 5.74) is 0.784. The Labute approximate surface area is 120 Å². The van der Waals surface area contributed by atoms with Gasteiger partial charge >= 0.3 is 12.0 Å². The number of carbonyl (C=O) groups excluding carboxylic acids is 1. The van der Waals surface area contributed by atoms with E-state index >= 15 is 0 Å². The van der Waals surface area contributed by atoms with Gasteiger partial charge in [-0.3, -0.25) is 0 Å². The van der Waals surface area contributed by atoms with Crippen molar-refractivity contribution in [2.45, 2.75) is 26.4 Å². The van der Waals surface area contributed by atoms with E-state index in [9.17, 15) is 9.59 Å². The Morgan fingerprint density at radius 3 is 2.90 bits per heavy atom. The summed E-state index contributed by atoms with van der Waals surface area (Å²) >= 11 is 1.54. The maximum atomic E-state index is 12.1. The Morgan fingerprint density at radius 2 is 2.30 bits per heavy atom. The Balaban J connectivity index is 1.94. The Hall–Kier alpha value is -1.70. The van der Waals surface area contributed by atoms with Crippen LogP contribution in [0.5, 0.6) is 0 Å². The van der Waals surface area contributed by atoms with Crippen molar-refractivity contribution < 1.29 is 19.1 Å². The second kappa shape index (κ2) is 6.17. The fourth-order valence-electron chi connectivity index (χ4n) is 1.92. The van der Waals surface area contributed by atoms with E-state index < -0.39 is 18.0 Å². The molecule has 0 saturated carbocycles. The van der Waals surface area contributed by atoms with Gasteiger partial charge in [0, 0.05) is 18.1 Å². The number of carboxylic acid groups (broad SMARTS) is 1. The monoisotopic (exact) mass is 299 g/mol. The number of hydrogen-bond acceptors (Lipinski definition) is 5. The number of nitrogens with one attached hydrogen (secondary N) is 1. The van der Waals surface area contributed by atoms with Crippen LogP contribution in [0.25, 0.3) is 0 Å². The third-order valence-corrected chi connectivity index (χ3v) is 4.16. The first-order valence-electron chi connectivity index (χ1n) is 6.27. The number of aryl methyl sites for hydroxylation is 2. The molecule has 2 N–H and O–H groups in total. The summed E-state index contributed by atoms with van der Waals surface area (Å²) in [6, 6.07) is -1.17. The minimum Gasteiger partial charge on any atom is -0.480 e. The molecular weight excluding hydrogens is 282 g/mol. The number of nitrogens with zero attached hydrogens (tertiary/aromatic N) is 2. The summed E-state index contributed by atoms with van der Waals surface area (Å²) < 4.78 is 5.36. The largest absolute Gasteiger partial charge is 0.480 e. The molecule has 1 aromatic heterocycles. The van der Waals surface area contributed by atoms with Crippen LogP contribution in [0, 0.1) is 13.8 Å². The number of aromatic nitrogens is 1. The number of hydrogen-bond donors (Lipinski definition) is 2. The van der Waals surface area contributed by atoms with Crippen molar-refractivity contribution in [3.63, 3.8) is 0 Å². The zero-order chi connectivity index (χ0) is 14.7. The normalized spacial score (nSPS) is 18.9. The molecule has 0 aliphatic carbocycles. The fourth-order valence-corrected chi connectivity index (χ4v) is 2.96. The molecule has 8 heteroatoms. The van der Waals surface area contributed by atoms with E-state index in [-0.39, 0.29) is 6.54 Å². The van der Waals surface area contributed by atoms with Crippen molar-refractivity contribution in [3.8, 4) is 0 Å². The number of aliphatic carboxylic acids is 1. The molecular formula is C12H17N3O4S. The summed E-state index contributed by atoms with van der Waals surface area (Å²) in [6.07, 6.45) is 0. The van der Waals surface area contributed by atoms with Crippen LogP contribution in [-0.4, -0.2) is 51.1 Å². The van der Waals surface area contributed by atoms with Gasteiger partial charge in [0.25, 0.3) is 0 Å². The number of rotatable bonds is 3. The molecule has 7 nitrogen and oxygen atoms in total. The van der Waals surface area contributed by atoms with Gasteiger partial charge in [-0.1, -0.05) is 0 Å². The van der Waals surface area contributed by atoms with Crippen molar-refractivity contribution in [2.75, 3.05) is 18.1 Å². The van der Waals surface area contributed by atoms with E-state index in [1.807, 2.05) is 6.92 Å². The lowest BCUT2D eigenvalue weighted by Crippen LogP contribution is -2.53. The predicted octanol–water partition coefficient (Wildman–Crippen LogP) is 1.00. The SMILES string of the molecule is Cc1nc(CNC(=O)N2CCSCC2C(=O)O)oc1C. The highest BCUT2D eigenvalue weighted by Gasteiger charge is 2.32. The molecule has 110 valence electrons. The number of oxazole rings is 1. The van der Waals surface area contributed by atoms with Gasteiger partial charge in [0.05, 0.1) is 12.2 Å². The Kier molecular flexibility index (Phi) is 4.53. The van der Waals surface area contributed by atoms with Crippen LogP contribution < -0.4 is 5.32 Å². The van der Waals surface area contributed by atoms with E-state index in [0.717, 1.165) is 11.4 Å². The third kappa shape index (κ3) is 3.24. The first-order chi connectivity index (χ1) is 9.49. The van der Waals surface area contributed by atoms with Gasteiger partial charge in [0.15, 0.2) is 0 Å². The highest BCUT2D eigenvalue weighted by Crippen LogP contribution is 2.17. The molecule has 1 atom stereocenters. The zero-order valence-electron chi connectivity index (χ0n) is 11.4. The van der Waals surface area contributed by atoms with Crippen LogP contribution in [0.1, 0.15) is 17.3 Å². The molecule has 0 radical (unpaired) electrons. The molecule has 2 heterocycles. The smallest absolute Gasteiger partial charge is 0.327 e. The van der Waals surface area contributed by atoms with Gasteiger partial charge in [0.1, 0.15) is 11.8 Å². The zero-order valence-corrected chi connectivity index (χ0v) is 12.2. The minimum absolute atomic E-state index is 0.156. The van der Waals surface area contributed by atoms with E-state index in [2.05, 4.69) is 10.3 Å². The van der Waals surface area contributed by atoms with Crippen LogP contribution >= 0.6 is 11.8 Å². The van der Waals surface area contributed by atoms with Gasteiger partial charge in [-0.2, -0.15) is 11.8 Å². The van der Waals surface area contributed by atoms with E-state index in [1.54, 1.807) is 6.92 Å². The van der Waals surface area contributed by atoms with Crippen LogP contribution in [-0.2, 0) is 11.3 Å². The quantitative estimate of drug-likeness (QED) is 0.864. The van der Waals surface area contributed by atoms with Gasteiger partial charge in [0.2, 0.25) is 5.89 Å². The van der Waals surface area contributed by atoms with Crippen LogP contribution in [0.4, 0.5) is 4.79 Å². The second-order valence-electron chi connectivity index (χ2n) is 4.53. The summed E-state index contributed by atoms with van der Waals surface area (Å²) in [7, 11) is 0. The van der Waals surface area contributed by atoms with E-state index in [0.29, 0.717) is 23.9 Å². The molecule has 2 rings (SSSR count). The van der Waals surface area contributed by atoms with Crippen LogP contribution in [0.15, 0.2) is 4.42 Å². The molecule has 1 aliphatic heterocycles. The average Bonchev–Trinajstić information content (AvgIpc) is 2.75. The van der Waals surface area contributed by atoms with Gasteiger partial charge in [-0.05, 0) is 13.8 Å². The standard InChI is InChI=1S/C12H17N3O4S/c1-7-8(2)19-10(14-7)5-13-12(18)15-3-4-20-6-9(15)11(16)17/h9H,3-6H2,1-2H3,(H,13,18)(H,16,17). The number of thioether (sulfide) groups is 1. The second-order valence-corrected chi connectivity index (χ2v) is 5.68. The summed E-state index contributed by atoms with van der Waals surface area (Å²) in [4.78, 5) is 28.7.